The van der Waals surface area contributed by atoms with Gasteiger partial charge in [-0.05, 0) is 47.9 Å². The summed E-state index contributed by atoms with van der Waals surface area (Å²) in [5, 5.41) is 3.71. The van der Waals surface area contributed by atoms with Gasteiger partial charge < -0.3 is 14.6 Å². The van der Waals surface area contributed by atoms with Gasteiger partial charge in [0.15, 0.2) is 0 Å². The van der Waals surface area contributed by atoms with Crippen molar-refractivity contribution in [3.8, 4) is 11.4 Å². The van der Waals surface area contributed by atoms with Crippen LogP contribution in [0.15, 0.2) is 66.9 Å². The standard InChI is InChI=1S/C20H20N2O/c1-23-17-10-8-15(9-11-17)13-18-20-7-4-12-22(20)19-6-3-2-5-16(19)14-21-18/h2-12,18,21H,13-14H2,1H3. The molecule has 3 aromatic rings. The van der Waals surface area contributed by atoms with Crippen molar-refractivity contribution in [2.75, 3.05) is 7.11 Å². The minimum Gasteiger partial charge on any atom is -0.497 e. The second kappa shape index (κ2) is 5.94. The lowest BCUT2D eigenvalue weighted by Gasteiger charge is -2.18. The predicted molar refractivity (Wildman–Crippen MR) is 92.0 cm³/mol. The van der Waals surface area contributed by atoms with E-state index in [9.17, 15) is 0 Å². The van der Waals surface area contributed by atoms with E-state index < -0.39 is 0 Å². The molecule has 3 heteroatoms. The van der Waals surface area contributed by atoms with E-state index in [2.05, 4.69) is 64.6 Å². The molecule has 23 heavy (non-hydrogen) atoms. The highest BCUT2D eigenvalue weighted by molar-refractivity contribution is 5.45. The molecule has 0 amide bonds. The molecular formula is C20H20N2O. The van der Waals surface area contributed by atoms with Gasteiger partial charge in [-0.25, -0.2) is 0 Å². The van der Waals surface area contributed by atoms with Crippen LogP contribution in [0.3, 0.4) is 0 Å². The first-order valence-electron chi connectivity index (χ1n) is 7.97. The Morgan fingerprint density at radius 1 is 1.04 bits per heavy atom. The molecule has 0 bridgehead atoms. The third kappa shape index (κ3) is 2.64. The maximum absolute atomic E-state index is 5.25. The minimum absolute atomic E-state index is 0.297. The summed E-state index contributed by atoms with van der Waals surface area (Å²) in [7, 11) is 1.70. The molecule has 4 rings (SSSR count). The van der Waals surface area contributed by atoms with Crippen molar-refractivity contribution >= 4 is 0 Å². The van der Waals surface area contributed by atoms with E-state index in [4.69, 9.17) is 4.74 Å². The summed E-state index contributed by atoms with van der Waals surface area (Å²) < 4.78 is 7.55. The molecule has 0 radical (unpaired) electrons. The van der Waals surface area contributed by atoms with Crippen LogP contribution in [0.2, 0.25) is 0 Å². The summed E-state index contributed by atoms with van der Waals surface area (Å²) in [6, 6.07) is 21.6. The number of rotatable bonds is 3. The molecule has 0 fully saturated rings. The van der Waals surface area contributed by atoms with Gasteiger partial charge in [-0.3, -0.25) is 0 Å². The Labute approximate surface area is 136 Å². The predicted octanol–water partition coefficient (Wildman–Crippen LogP) is 3.87. The third-order valence-electron chi connectivity index (χ3n) is 4.53. The zero-order valence-corrected chi connectivity index (χ0v) is 13.2. The van der Waals surface area contributed by atoms with Crippen LogP contribution in [0.5, 0.6) is 5.75 Å². The number of nitrogens with zero attached hydrogens (tertiary/aromatic N) is 1. The number of hydrogen-bond donors (Lipinski definition) is 1. The summed E-state index contributed by atoms with van der Waals surface area (Å²) in [5.74, 6) is 0.901. The van der Waals surface area contributed by atoms with E-state index in [-0.39, 0.29) is 0 Å². The summed E-state index contributed by atoms with van der Waals surface area (Å²) in [6.07, 6.45) is 3.12. The lowest BCUT2D eigenvalue weighted by molar-refractivity contribution is 0.414. The van der Waals surface area contributed by atoms with Gasteiger partial charge in [0.2, 0.25) is 0 Å². The molecule has 1 atom stereocenters. The van der Waals surface area contributed by atoms with Gasteiger partial charge >= 0.3 is 0 Å². The van der Waals surface area contributed by atoms with E-state index in [1.54, 1.807) is 7.11 Å². The van der Waals surface area contributed by atoms with Crippen molar-refractivity contribution in [3.05, 3.63) is 83.7 Å². The molecule has 116 valence electrons. The minimum atomic E-state index is 0.297. The highest BCUT2D eigenvalue weighted by Crippen LogP contribution is 2.28. The van der Waals surface area contributed by atoms with Crippen LogP contribution in [0.25, 0.3) is 5.69 Å². The number of nitrogens with one attached hydrogen (secondary N) is 1. The summed E-state index contributed by atoms with van der Waals surface area (Å²) in [4.78, 5) is 0. The topological polar surface area (TPSA) is 26.2 Å². The molecule has 1 N–H and O–H groups in total. The molecule has 1 unspecified atom stereocenters. The second-order valence-corrected chi connectivity index (χ2v) is 5.92. The zero-order chi connectivity index (χ0) is 15.6. The lowest BCUT2D eigenvalue weighted by Crippen LogP contribution is -2.22. The smallest absolute Gasteiger partial charge is 0.118 e. The third-order valence-corrected chi connectivity index (χ3v) is 4.53. The molecule has 0 saturated carbocycles. The quantitative estimate of drug-likeness (QED) is 0.795. The average Bonchev–Trinajstić information content (AvgIpc) is 3.04. The van der Waals surface area contributed by atoms with Crippen molar-refractivity contribution in [1.29, 1.82) is 0 Å². The maximum Gasteiger partial charge on any atom is 0.118 e. The summed E-state index contributed by atoms with van der Waals surface area (Å²) >= 11 is 0. The fraction of sp³-hybridized carbons (Fsp3) is 0.200. The van der Waals surface area contributed by atoms with Gasteiger partial charge in [-0.15, -0.1) is 0 Å². The van der Waals surface area contributed by atoms with Crippen LogP contribution in [0, 0.1) is 0 Å². The Hall–Kier alpha value is -2.52. The van der Waals surface area contributed by atoms with E-state index in [1.165, 1.54) is 22.5 Å². The Kier molecular flexibility index (Phi) is 3.64. The number of benzene rings is 2. The maximum atomic E-state index is 5.25. The van der Waals surface area contributed by atoms with E-state index in [1.807, 2.05) is 12.1 Å². The first kappa shape index (κ1) is 14.1. The van der Waals surface area contributed by atoms with Crippen molar-refractivity contribution < 1.29 is 4.74 Å². The molecule has 2 heterocycles. The molecule has 1 aliphatic heterocycles. The first-order valence-corrected chi connectivity index (χ1v) is 7.97. The summed E-state index contributed by atoms with van der Waals surface area (Å²) in [5.41, 5.74) is 5.23. The fourth-order valence-corrected chi connectivity index (χ4v) is 3.30. The van der Waals surface area contributed by atoms with Gasteiger partial charge in [-0.1, -0.05) is 30.3 Å². The van der Waals surface area contributed by atoms with Gasteiger partial charge in [-0.2, -0.15) is 0 Å². The Balaban J connectivity index is 1.66. The average molecular weight is 304 g/mol. The normalized spacial score (nSPS) is 16.3. The van der Waals surface area contributed by atoms with E-state index >= 15 is 0 Å². The van der Waals surface area contributed by atoms with Gasteiger partial charge in [0.25, 0.3) is 0 Å². The van der Waals surface area contributed by atoms with Crippen LogP contribution in [0.1, 0.15) is 22.9 Å². The SMILES string of the molecule is COc1ccc(CC2NCc3ccccc3-n3cccc32)cc1. The number of para-hydroxylation sites is 1. The number of ether oxygens (including phenoxy) is 1. The zero-order valence-electron chi connectivity index (χ0n) is 13.2. The number of hydrogen-bond acceptors (Lipinski definition) is 2. The largest absolute Gasteiger partial charge is 0.497 e. The van der Waals surface area contributed by atoms with Crippen LogP contribution in [-0.2, 0) is 13.0 Å². The van der Waals surface area contributed by atoms with Gasteiger partial charge in [0.05, 0.1) is 13.2 Å². The van der Waals surface area contributed by atoms with Gasteiger partial charge in [0.1, 0.15) is 5.75 Å². The fourth-order valence-electron chi connectivity index (χ4n) is 3.30. The first-order chi connectivity index (χ1) is 11.3. The van der Waals surface area contributed by atoms with Crippen molar-refractivity contribution in [3.63, 3.8) is 0 Å². The number of aromatic nitrogens is 1. The molecule has 3 nitrogen and oxygen atoms in total. The van der Waals surface area contributed by atoms with Crippen molar-refractivity contribution in [1.82, 2.24) is 9.88 Å². The van der Waals surface area contributed by atoms with Crippen molar-refractivity contribution in [2.45, 2.75) is 19.0 Å². The molecule has 0 spiro atoms. The highest BCUT2D eigenvalue weighted by Gasteiger charge is 2.21. The molecular weight excluding hydrogens is 284 g/mol. The van der Waals surface area contributed by atoms with E-state index in [0.29, 0.717) is 6.04 Å². The number of methoxy groups -OCH3 is 1. The van der Waals surface area contributed by atoms with Crippen LogP contribution in [0.4, 0.5) is 0 Å². The molecule has 0 aliphatic carbocycles. The van der Waals surface area contributed by atoms with E-state index in [0.717, 1.165) is 18.7 Å². The Morgan fingerprint density at radius 3 is 2.70 bits per heavy atom. The number of fused-ring (bicyclic) bond motifs is 3. The Bertz CT molecular complexity index is 805. The van der Waals surface area contributed by atoms with Crippen molar-refractivity contribution in [2.24, 2.45) is 0 Å². The Morgan fingerprint density at radius 2 is 1.87 bits per heavy atom. The summed E-state index contributed by atoms with van der Waals surface area (Å²) in [6.45, 7) is 0.888. The van der Waals surface area contributed by atoms with Crippen LogP contribution >= 0.6 is 0 Å². The van der Waals surface area contributed by atoms with Gasteiger partial charge in [0, 0.05) is 24.1 Å². The van der Waals surface area contributed by atoms with Crippen LogP contribution < -0.4 is 10.1 Å². The molecule has 0 saturated heterocycles. The highest BCUT2D eigenvalue weighted by atomic mass is 16.5. The molecule has 2 aromatic carbocycles. The second-order valence-electron chi connectivity index (χ2n) is 5.92. The lowest BCUT2D eigenvalue weighted by atomic mass is 10.0. The molecule has 1 aliphatic rings. The van der Waals surface area contributed by atoms with Crippen LogP contribution in [-0.4, -0.2) is 11.7 Å². The monoisotopic (exact) mass is 304 g/mol. The molecule has 1 aromatic heterocycles.